The third-order valence-corrected chi connectivity index (χ3v) is 3.99. The lowest BCUT2D eigenvalue weighted by Crippen LogP contribution is -1.87. The van der Waals surface area contributed by atoms with Crippen molar-refractivity contribution < 1.29 is 4.39 Å². The summed E-state index contributed by atoms with van der Waals surface area (Å²) in [7, 11) is 0. The Morgan fingerprint density at radius 3 is 2.30 bits per heavy atom. The van der Waals surface area contributed by atoms with E-state index in [1.165, 1.54) is 17.7 Å². The van der Waals surface area contributed by atoms with Crippen molar-refractivity contribution in [1.82, 2.24) is 9.38 Å². The fraction of sp³-hybridized carbons (Fsp3) is 0.0500. The average molecular weight is 302 g/mol. The summed E-state index contributed by atoms with van der Waals surface area (Å²) in [4.78, 5) is 4.78. The van der Waals surface area contributed by atoms with Crippen molar-refractivity contribution in [3.63, 3.8) is 0 Å². The van der Waals surface area contributed by atoms with Crippen molar-refractivity contribution in [2.45, 2.75) is 6.92 Å². The molecule has 0 aliphatic rings. The van der Waals surface area contributed by atoms with Gasteiger partial charge in [0.05, 0.1) is 5.69 Å². The lowest BCUT2D eigenvalue weighted by atomic mass is 10.1. The maximum atomic E-state index is 13.2. The van der Waals surface area contributed by atoms with Crippen molar-refractivity contribution in [3.8, 4) is 22.4 Å². The number of imidazole rings is 1. The van der Waals surface area contributed by atoms with Crippen molar-refractivity contribution in [1.29, 1.82) is 0 Å². The summed E-state index contributed by atoms with van der Waals surface area (Å²) in [5, 5.41) is 0. The van der Waals surface area contributed by atoms with Gasteiger partial charge in [-0.05, 0) is 36.8 Å². The first-order valence-electron chi connectivity index (χ1n) is 7.51. The summed E-state index contributed by atoms with van der Waals surface area (Å²) in [6.45, 7) is 2.07. The van der Waals surface area contributed by atoms with Crippen LogP contribution in [0.5, 0.6) is 0 Å². The number of pyridine rings is 1. The van der Waals surface area contributed by atoms with Gasteiger partial charge in [0.15, 0.2) is 0 Å². The second kappa shape index (κ2) is 5.36. The summed E-state index contributed by atoms with van der Waals surface area (Å²) < 4.78 is 15.2. The quantitative estimate of drug-likeness (QED) is 0.502. The third-order valence-electron chi connectivity index (χ3n) is 3.99. The lowest BCUT2D eigenvalue weighted by Gasteiger charge is -2.03. The molecule has 23 heavy (non-hydrogen) atoms. The van der Waals surface area contributed by atoms with Crippen molar-refractivity contribution in [2.24, 2.45) is 0 Å². The number of aromatic nitrogens is 2. The number of fused-ring (bicyclic) bond motifs is 1. The Bertz CT molecular complexity index is 967. The molecule has 0 N–H and O–H groups in total. The van der Waals surface area contributed by atoms with E-state index < -0.39 is 0 Å². The number of aryl methyl sites for hydroxylation is 1. The predicted octanol–water partition coefficient (Wildman–Crippen LogP) is 5.12. The van der Waals surface area contributed by atoms with Crippen LogP contribution in [0.15, 0.2) is 73.1 Å². The van der Waals surface area contributed by atoms with Crippen LogP contribution in [0.3, 0.4) is 0 Å². The molecule has 0 saturated carbocycles. The zero-order valence-electron chi connectivity index (χ0n) is 12.7. The zero-order valence-corrected chi connectivity index (χ0v) is 12.7. The molecular weight excluding hydrogens is 287 g/mol. The van der Waals surface area contributed by atoms with E-state index in [1.807, 2.05) is 28.9 Å². The molecule has 0 aliphatic carbocycles. The van der Waals surface area contributed by atoms with E-state index in [0.29, 0.717) is 0 Å². The fourth-order valence-corrected chi connectivity index (χ4v) is 2.73. The molecular formula is C20H15FN2. The minimum absolute atomic E-state index is 0.232. The van der Waals surface area contributed by atoms with Crippen LogP contribution in [-0.4, -0.2) is 9.38 Å². The van der Waals surface area contributed by atoms with Crippen LogP contribution in [0, 0.1) is 12.7 Å². The summed E-state index contributed by atoms with van der Waals surface area (Å²) >= 11 is 0. The van der Waals surface area contributed by atoms with Gasteiger partial charge in [-0.15, -0.1) is 0 Å². The monoisotopic (exact) mass is 302 g/mol. The van der Waals surface area contributed by atoms with Crippen LogP contribution >= 0.6 is 0 Å². The Morgan fingerprint density at radius 1 is 0.870 bits per heavy atom. The van der Waals surface area contributed by atoms with Gasteiger partial charge in [0.1, 0.15) is 11.5 Å². The van der Waals surface area contributed by atoms with Gasteiger partial charge < -0.3 is 4.40 Å². The molecule has 2 aromatic carbocycles. The van der Waals surface area contributed by atoms with Crippen molar-refractivity contribution >= 4 is 5.65 Å². The van der Waals surface area contributed by atoms with Gasteiger partial charge in [0.25, 0.3) is 0 Å². The van der Waals surface area contributed by atoms with Crippen LogP contribution in [0.2, 0.25) is 0 Å². The highest BCUT2D eigenvalue weighted by Gasteiger charge is 2.09. The van der Waals surface area contributed by atoms with Crippen LogP contribution in [-0.2, 0) is 0 Å². The second-order valence-corrected chi connectivity index (χ2v) is 5.65. The lowest BCUT2D eigenvalue weighted by molar-refractivity contribution is 0.628. The van der Waals surface area contributed by atoms with Gasteiger partial charge in [-0.25, -0.2) is 9.37 Å². The molecule has 4 rings (SSSR count). The summed E-state index contributed by atoms with van der Waals surface area (Å²) in [5.41, 5.74) is 6.06. The normalized spacial score (nSPS) is 11.0. The Hall–Kier alpha value is -2.94. The minimum atomic E-state index is -0.232. The minimum Gasteiger partial charge on any atom is -0.306 e. The molecule has 0 bridgehead atoms. The summed E-state index contributed by atoms with van der Waals surface area (Å²) in [5.74, 6) is -0.232. The molecule has 0 fully saturated rings. The largest absolute Gasteiger partial charge is 0.306 e. The molecule has 112 valence electrons. The number of nitrogens with zero attached hydrogens (tertiary/aromatic N) is 2. The average Bonchev–Trinajstić information content (AvgIpc) is 3.00. The smallest absolute Gasteiger partial charge is 0.145 e. The Labute approximate surface area is 133 Å². The summed E-state index contributed by atoms with van der Waals surface area (Å²) in [6.07, 6.45) is 4.00. The first-order valence-corrected chi connectivity index (χ1v) is 7.51. The predicted molar refractivity (Wildman–Crippen MR) is 90.8 cm³/mol. The maximum absolute atomic E-state index is 13.2. The SMILES string of the molecule is Cc1ccc(-c2cn3cccc(-c4ccc(F)cc4)c3n2)cc1. The molecule has 0 unspecified atom stereocenters. The molecule has 4 aromatic rings. The van der Waals surface area contributed by atoms with Gasteiger partial charge >= 0.3 is 0 Å². The molecule has 2 heterocycles. The van der Waals surface area contributed by atoms with Gasteiger partial charge in [-0.2, -0.15) is 0 Å². The number of benzene rings is 2. The van der Waals surface area contributed by atoms with Gasteiger partial charge in [-0.1, -0.05) is 42.0 Å². The number of hydrogen-bond acceptors (Lipinski definition) is 1. The number of hydrogen-bond donors (Lipinski definition) is 0. The molecule has 2 aromatic heterocycles. The van der Waals surface area contributed by atoms with Crippen LogP contribution in [0.1, 0.15) is 5.56 Å². The first kappa shape index (κ1) is 13.7. The summed E-state index contributed by atoms with van der Waals surface area (Å²) in [6, 6.07) is 18.8. The van der Waals surface area contributed by atoms with E-state index in [9.17, 15) is 4.39 Å². The van der Waals surface area contributed by atoms with Crippen LogP contribution < -0.4 is 0 Å². The van der Waals surface area contributed by atoms with E-state index in [1.54, 1.807) is 12.1 Å². The first-order chi connectivity index (χ1) is 11.2. The third kappa shape index (κ3) is 2.50. The number of rotatable bonds is 2. The van der Waals surface area contributed by atoms with E-state index >= 15 is 0 Å². The molecule has 0 aliphatic heterocycles. The van der Waals surface area contributed by atoms with Gasteiger partial charge in [-0.3, -0.25) is 0 Å². The molecule has 0 spiro atoms. The number of halogens is 1. The molecule has 0 atom stereocenters. The highest BCUT2D eigenvalue weighted by molar-refractivity contribution is 5.79. The zero-order chi connectivity index (χ0) is 15.8. The Morgan fingerprint density at radius 2 is 1.57 bits per heavy atom. The van der Waals surface area contributed by atoms with E-state index in [4.69, 9.17) is 4.98 Å². The molecule has 0 amide bonds. The van der Waals surface area contributed by atoms with Gasteiger partial charge in [0, 0.05) is 23.5 Å². The maximum Gasteiger partial charge on any atom is 0.145 e. The molecule has 2 nitrogen and oxygen atoms in total. The Kier molecular flexibility index (Phi) is 3.19. The highest BCUT2D eigenvalue weighted by Crippen LogP contribution is 2.27. The highest BCUT2D eigenvalue weighted by atomic mass is 19.1. The second-order valence-electron chi connectivity index (χ2n) is 5.65. The molecule has 0 saturated heterocycles. The van der Waals surface area contributed by atoms with Crippen LogP contribution in [0.25, 0.3) is 28.0 Å². The molecule has 3 heteroatoms. The van der Waals surface area contributed by atoms with Crippen molar-refractivity contribution in [3.05, 3.63) is 84.4 Å². The van der Waals surface area contributed by atoms with Crippen LogP contribution in [0.4, 0.5) is 4.39 Å². The van der Waals surface area contributed by atoms with Crippen molar-refractivity contribution in [2.75, 3.05) is 0 Å². The fourth-order valence-electron chi connectivity index (χ4n) is 2.73. The topological polar surface area (TPSA) is 17.3 Å². The standard InChI is InChI=1S/C20H15FN2/c1-14-4-6-16(7-5-14)19-13-23-12-2-3-18(20(23)22-19)15-8-10-17(21)11-9-15/h2-13H,1H3. The van der Waals surface area contributed by atoms with Gasteiger partial charge in [0.2, 0.25) is 0 Å². The molecule has 0 radical (unpaired) electrons. The van der Waals surface area contributed by atoms with E-state index in [2.05, 4.69) is 31.2 Å². The van der Waals surface area contributed by atoms with E-state index in [0.717, 1.165) is 28.0 Å². The Balaban J connectivity index is 1.87. The van der Waals surface area contributed by atoms with E-state index in [-0.39, 0.29) is 5.82 Å².